The summed E-state index contributed by atoms with van der Waals surface area (Å²) >= 11 is 0. The van der Waals surface area contributed by atoms with Crippen LogP contribution in [0.1, 0.15) is 26.3 Å². The van der Waals surface area contributed by atoms with Crippen LogP contribution in [0.2, 0.25) is 0 Å². The molecule has 3 heteroatoms. The maximum absolute atomic E-state index is 11.3. The van der Waals surface area contributed by atoms with Crippen LogP contribution in [-0.2, 0) is 4.74 Å². The largest absolute Gasteiger partial charge is 0.444 e. The van der Waals surface area contributed by atoms with Crippen LogP contribution in [0.25, 0.3) is 6.08 Å². The first-order valence-corrected chi connectivity index (χ1v) is 5.18. The minimum atomic E-state index is -0.468. The van der Waals surface area contributed by atoms with Crippen molar-refractivity contribution in [1.29, 1.82) is 0 Å². The zero-order valence-electron chi connectivity index (χ0n) is 9.86. The van der Waals surface area contributed by atoms with Crippen molar-refractivity contribution in [3.05, 3.63) is 42.1 Å². The Hall–Kier alpha value is -1.77. The van der Waals surface area contributed by atoms with E-state index in [1.165, 1.54) is 0 Å². The molecule has 0 aliphatic carbocycles. The van der Waals surface area contributed by atoms with E-state index in [1.54, 1.807) is 6.20 Å². The molecule has 1 rings (SSSR count). The van der Waals surface area contributed by atoms with Crippen LogP contribution >= 0.6 is 0 Å². The molecule has 86 valence electrons. The Morgan fingerprint density at radius 2 is 1.88 bits per heavy atom. The lowest BCUT2D eigenvalue weighted by atomic mass is 10.2. The molecule has 0 aliphatic rings. The predicted molar refractivity (Wildman–Crippen MR) is 64.8 cm³/mol. The molecule has 0 aliphatic heterocycles. The number of benzene rings is 1. The van der Waals surface area contributed by atoms with Gasteiger partial charge in [0.1, 0.15) is 5.60 Å². The van der Waals surface area contributed by atoms with Crippen molar-refractivity contribution in [2.24, 2.45) is 0 Å². The van der Waals surface area contributed by atoms with Gasteiger partial charge in [0.05, 0.1) is 0 Å². The second-order valence-corrected chi connectivity index (χ2v) is 4.39. The molecule has 0 atom stereocenters. The van der Waals surface area contributed by atoms with Crippen LogP contribution in [0, 0.1) is 0 Å². The minimum Gasteiger partial charge on any atom is -0.444 e. The van der Waals surface area contributed by atoms with Gasteiger partial charge in [0.2, 0.25) is 0 Å². The van der Waals surface area contributed by atoms with Gasteiger partial charge in [-0.25, -0.2) is 4.79 Å². The molecule has 1 amide bonds. The molecule has 0 bridgehead atoms. The standard InChI is InChI=1S/C13H17NO2/c1-13(2,3)16-12(15)14-10-9-11-7-5-4-6-8-11/h4-10H,1-3H3,(H,14,15)/b10-9-. The summed E-state index contributed by atoms with van der Waals surface area (Å²) in [7, 11) is 0. The van der Waals surface area contributed by atoms with Gasteiger partial charge in [-0.2, -0.15) is 0 Å². The molecule has 0 saturated heterocycles. The van der Waals surface area contributed by atoms with E-state index in [2.05, 4.69) is 5.32 Å². The Bertz CT molecular complexity index is 363. The van der Waals surface area contributed by atoms with Gasteiger partial charge in [0.25, 0.3) is 0 Å². The fourth-order valence-electron chi connectivity index (χ4n) is 1.08. The summed E-state index contributed by atoms with van der Waals surface area (Å²) in [5, 5.41) is 2.55. The molecule has 0 saturated carbocycles. The number of carbonyl (C=O) groups excluding carboxylic acids is 1. The SMILES string of the molecule is CC(C)(C)OC(=O)N/C=C\c1ccccc1. The highest BCUT2D eigenvalue weighted by molar-refractivity contribution is 5.70. The van der Waals surface area contributed by atoms with Crippen molar-refractivity contribution < 1.29 is 9.53 Å². The Labute approximate surface area is 96.1 Å². The van der Waals surface area contributed by atoms with E-state index >= 15 is 0 Å². The zero-order chi connectivity index (χ0) is 12.0. The monoisotopic (exact) mass is 219 g/mol. The fraction of sp³-hybridized carbons (Fsp3) is 0.308. The first-order valence-electron chi connectivity index (χ1n) is 5.18. The Balaban J connectivity index is 2.41. The maximum Gasteiger partial charge on any atom is 0.411 e. The number of carbonyl (C=O) groups is 1. The van der Waals surface area contributed by atoms with E-state index in [9.17, 15) is 4.79 Å². The summed E-state index contributed by atoms with van der Waals surface area (Å²) in [6.45, 7) is 5.48. The highest BCUT2D eigenvalue weighted by Crippen LogP contribution is 2.06. The Morgan fingerprint density at radius 3 is 2.44 bits per heavy atom. The van der Waals surface area contributed by atoms with Crippen LogP contribution in [0.4, 0.5) is 4.79 Å². The molecule has 0 heterocycles. The molecule has 1 aromatic carbocycles. The summed E-state index contributed by atoms with van der Waals surface area (Å²) < 4.78 is 5.07. The van der Waals surface area contributed by atoms with Crippen LogP contribution in [0.15, 0.2) is 36.5 Å². The quantitative estimate of drug-likeness (QED) is 0.829. The summed E-state index contributed by atoms with van der Waals surface area (Å²) in [5.74, 6) is 0. The lowest BCUT2D eigenvalue weighted by molar-refractivity contribution is 0.0553. The van der Waals surface area contributed by atoms with Crippen LogP contribution in [-0.4, -0.2) is 11.7 Å². The van der Waals surface area contributed by atoms with E-state index in [-0.39, 0.29) is 0 Å². The third-order valence-electron chi connectivity index (χ3n) is 1.68. The number of rotatable bonds is 2. The minimum absolute atomic E-state index is 0.445. The van der Waals surface area contributed by atoms with Crippen molar-refractivity contribution >= 4 is 12.2 Å². The molecular weight excluding hydrogens is 202 g/mol. The molecule has 1 N–H and O–H groups in total. The highest BCUT2D eigenvalue weighted by atomic mass is 16.6. The summed E-state index contributed by atoms with van der Waals surface area (Å²) in [6.07, 6.45) is 2.94. The third kappa shape index (κ3) is 5.20. The number of amides is 1. The average Bonchev–Trinajstić information content (AvgIpc) is 2.16. The molecule has 3 nitrogen and oxygen atoms in total. The summed E-state index contributed by atoms with van der Waals surface area (Å²) in [4.78, 5) is 11.3. The van der Waals surface area contributed by atoms with Gasteiger partial charge >= 0.3 is 6.09 Å². The molecule has 0 aromatic heterocycles. The van der Waals surface area contributed by atoms with Gasteiger partial charge in [-0.05, 0) is 32.4 Å². The maximum atomic E-state index is 11.3. The van der Waals surface area contributed by atoms with Crippen molar-refractivity contribution in [3.8, 4) is 0 Å². The van der Waals surface area contributed by atoms with Crippen LogP contribution < -0.4 is 5.32 Å². The second-order valence-electron chi connectivity index (χ2n) is 4.39. The van der Waals surface area contributed by atoms with Crippen molar-refractivity contribution in [2.45, 2.75) is 26.4 Å². The summed E-state index contributed by atoms with van der Waals surface area (Å²) in [6, 6.07) is 9.72. The van der Waals surface area contributed by atoms with Gasteiger partial charge in [0, 0.05) is 6.20 Å². The average molecular weight is 219 g/mol. The highest BCUT2D eigenvalue weighted by Gasteiger charge is 2.14. The predicted octanol–water partition coefficient (Wildman–Crippen LogP) is 3.18. The van der Waals surface area contributed by atoms with Crippen molar-refractivity contribution in [3.63, 3.8) is 0 Å². The van der Waals surface area contributed by atoms with Crippen LogP contribution in [0.3, 0.4) is 0 Å². The van der Waals surface area contributed by atoms with E-state index in [0.29, 0.717) is 0 Å². The molecule has 0 spiro atoms. The van der Waals surface area contributed by atoms with E-state index in [4.69, 9.17) is 4.74 Å². The molecule has 16 heavy (non-hydrogen) atoms. The molecule has 0 unspecified atom stereocenters. The lowest BCUT2D eigenvalue weighted by Gasteiger charge is -2.18. The molecule has 0 radical (unpaired) electrons. The van der Waals surface area contributed by atoms with Gasteiger partial charge in [0.15, 0.2) is 0 Å². The molecule has 0 fully saturated rings. The van der Waals surface area contributed by atoms with Crippen molar-refractivity contribution in [2.75, 3.05) is 0 Å². The molecular formula is C13H17NO2. The van der Waals surface area contributed by atoms with Gasteiger partial charge in [-0.1, -0.05) is 30.3 Å². The number of alkyl carbamates (subject to hydrolysis) is 1. The molecule has 1 aromatic rings. The first kappa shape index (κ1) is 12.3. The Kier molecular flexibility index (Phi) is 4.11. The second kappa shape index (κ2) is 5.35. The van der Waals surface area contributed by atoms with Gasteiger partial charge in [-0.3, -0.25) is 5.32 Å². The summed E-state index contributed by atoms with van der Waals surface area (Å²) in [5.41, 5.74) is 0.559. The van der Waals surface area contributed by atoms with Crippen LogP contribution in [0.5, 0.6) is 0 Å². The van der Waals surface area contributed by atoms with Gasteiger partial charge < -0.3 is 4.74 Å². The topological polar surface area (TPSA) is 38.3 Å². The fourth-order valence-corrected chi connectivity index (χ4v) is 1.08. The third-order valence-corrected chi connectivity index (χ3v) is 1.68. The van der Waals surface area contributed by atoms with E-state index in [1.807, 2.05) is 57.2 Å². The number of hydrogen-bond acceptors (Lipinski definition) is 2. The van der Waals surface area contributed by atoms with Crippen molar-refractivity contribution in [1.82, 2.24) is 5.32 Å². The smallest absolute Gasteiger partial charge is 0.411 e. The number of nitrogens with one attached hydrogen (secondary N) is 1. The van der Waals surface area contributed by atoms with E-state index < -0.39 is 11.7 Å². The Morgan fingerprint density at radius 1 is 1.25 bits per heavy atom. The lowest BCUT2D eigenvalue weighted by Crippen LogP contribution is -2.29. The zero-order valence-corrected chi connectivity index (χ0v) is 9.86. The first-order chi connectivity index (χ1) is 7.47. The normalized spacial score (nSPS) is 11.4. The van der Waals surface area contributed by atoms with Gasteiger partial charge in [-0.15, -0.1) is 0 Å². The number of hydrogen-bond donors (Lipinski definition) is 1. The van der Waals surface area contributed by atoms with E-state index in [0.717, 1.165) is 5.56 Å². The number of ether oxygens (including phenoxy) is 1.